The van der Waals surface area contributed by atoms with Crippen LogP contribution in [-0.2, 0) is 4.79 Å². The summed E-state index contributed by atoms with van der Waals surface area (Å²) in [5, 5.41) is 12.0. The summed E-state index contributed by atoms with van der Waals surface area (Å²) in [7, 11) is 1.85. The SMILES string of the molecule is CC(C)[C@](C)(C#N)NC(=O)CN(C)CCOc1ccc(Br)cc1. The van der Waals surface area contributed by atoms with E-state index in [2.05, 4.69) is 27.3 Å². The number of carbonyl (C=O) groups is 1. The first kappa shape index (κ1) is 19.5. The fraction of sp³-hybridized carbons (Fsp3) is 0.529. The van der Waals surface area contributed by atoms with E-state index < -0.39 is 5.54 Å². The molecule has 0 saturated carbocycles. The Morgan fingerprint density at radius 2 is 2.04 bits per heavy atom. The summed E-state index contributed by atoms with van der Waals surface area (Å²) in [5.41, 5.74) is -0.841. The second-order valence-corrected chi connectivity index (χ2v) is 6.97. The molecule has 1 atom stereocenters. The van der Waals surface area contributed by atoms with Crippen molar-refractivity contribution in [2.75, 3.05) is 26.7 Å². The molecule has 0 unspecified atom stereocenters. The standard InChI is InChI=1S/C17H24BrN3O2/c1-13(2)17(3,12-19)20-16(22)11-21(4)9-10-23-15-7-5-14(18)6-8-15/h5-8,13H,9-11H2,1-4H3,(H,20,22)/t17-/m0/s1. The molecule has 0 fully saturated rings. The number of ether oxygens (including phenoxy) is 1. The number of rotatable bonds is 8. The number of benzene rings is 1. The van der Waals surface area contributed by atoms with Gasteiger partial charge in [-0.2, -0.15) is 5.26 Å². The van der Waals surface area contributed by atoms with Gasteiger partial charge in [0.2, 0.25) is 5.91 Å². The van der Waals surface area contributed by atoms with Gasteiger partial charge in [0.15, 0.2) is 0 Å². The van der Waals surface area contributed by atoms with Gasteiger partial charge in [0.1, 0.15) is 17.9 Å². The zero-order valence-electron chi connectivity index (χ0n) is 14.1. The van der Waals surface area contributed by atoms with E-state index >= 15 is 0 Å². The van der Waals surface area contributed by atoms with Gasteiger partial charge < -0.3 is 10.1 Å². The van der Waals surface area contributed by atoms with E-state index in [9.17, 15) is 10.1 Å². The fourth-order valence-corrected chi connectivity index (χ4v) is 2.07. The first-order valence-corrected chi connectivity index (χ1v) is 8.35. The molecule has 0 aromatic heterocycles. The third-order valence-corrected chi connectivity index (χ3v) is 4.28. The fourth-order valence-electron chi connectivity index (χ4n) is 1.80. The minimum Gasteiger partial charge on any atom is -0.492 e. The number of nitrogens with one attached hydrogen (secondary N) is 1. The van der Waals surface area contributed by atoms with Crippen molar-refractivity contribution in [2.24, 2.45) is 5.92 Å². The van der Waals surface area contributed by atoms with Crippen molar-refractivity contribution in [3.63, 3.8) is 0 Å². The molecular weight excluding hydrogens is 358 g/mol. The average molecular weight is 382 g/mol. The van der Waals surface area contributed by atoms with Crippen LogP contribution in [0.4, 0.5) is 0 Å². The van der Waals surface area contributed by atoms with Crippen LogP contribution in [0, 0.1) is 17.2 Å². The second-order valence-electron chi connectivity index (χ2n) is 6.06. The number of nitrogens with zero attached hydrogens (tertiary/aromatic N) is 2. The van der Waals surface area contributed by atoms with E-state index in [1.807, 2.05) is 50.1 Å². The molecule has 1 aromatic carbocycles. The van der Waals surface area contributed by atoms with E-state index in [0.29, 0.717) is 13.2 Å². The van der Waals surface area contributed by atoms with Gasteiger partial charge in [-0.05, 0) is 44.2 Å². The first-order chi connectivity index (χ1) is 10.8. The maximum absolute atomic E-state index is 12.1. The highest BCUT2D eigenvalue weighted by atomic mass is 79.9. The summed E-state index contributed by atoms with van der Waals surface area (Å²) < 4.78 is 6.63. The van der Waals surface area contributed by atoms with Crippen LogP contribution in [0.5, 0.6) is 5.75 Å². The quantitative estimate of drug-likeness (QED) is 0.751. The highest BCUT2D eigenvalue weighted by Gasteiger charge is 2.30. The highest BCUT2D eigenvalue weighted by Crippen LogP contribution is 2.16. The Bertz CT molecular complexity index is 554. The number of nitriles is 1. The molecule has 5 nitrogen and oxygen atoms in total. The van der Waals surface area contributed by atoms with Gasteiger partial charge in [-0.25, -0.2) is 0 Å². The molecule has 1 rings (SSSR count). The van der Waals surface area contributed by atoms with E-state index in [-0.39, 0.29) is 18.4 Å². The largest absolute Gasteiger partial charge is 0.492 e. The normalized spacial score (nSPS) is 13.5. The molecule has 0 saturated heterocycles. The average Bonchev–Trinajstić information content (AvgIpc) is 2.48. The highest BCUT2D eigenvalue weighted by molar-refractivity contribution is 9.10. The lowest BCUT2D eigenvalue weighted by Gasteiger charge is -2.28. The summed E-state index contributed by atoms with van der Waals surface area (Å²) in [6.07, 6.45) is 0. The van der Waals surface area contributed by atoms with Crippen molar-refractivity contribution < 1.29 is 9.53 Å². The third kappa shape index (κ3) is 6.59. The zero-order chi connectivity index (χ0) is 17.5. The molecule has 6 heteroatoms. The lowest BCUT2D eigenvalue weighted by atomic mass is 9.90. The van der Waals surface area contributed by atoms with E-state index in [1.165, 1.54) is 0 Å². The molecule has 126 valence electrons. The van der Waals surface area contributed by atoms with Crippen LogP contribution in [-0.4, -0.2) is 43.1 Å². The number of halogens is 1. The Morgan fingerprint density at radius 3 is 2.57 bits per heavy atom. The van der Waals surface area contributed by atoms with E-state index in [0.717, 1.165) is 10.2 Å². The predicted octanol–water partition coefficient (Wildman–Crippen LogP) is 2.81. The van der Waals surface area contributed by atoms with Crippen LogP contribution in [0.3, 0.4) is 0 Å². The molecule has 1 amide bonds. The summed E-state index contributed by atoms with van der Waals surface area (Å²) in [5.74, 6) is 0.680. The maximum atomic E-state index is 12.1. The van der Waals surface area contributed by atoms with Gasteiger partial charge in [-0.3, -0.25) is 9.69 Å². The van der Waals surface area contributed by atoms with Crippen molar-refractivity contribution in [1.82, 2.24) is 10.2 Å². The Morgan fingerprint density at radius 1 is 1.43 bits per heavy atom. The maximum Gasteiger partial charge on any atom is 0.235 e. The van der Waals surface area contributed by atoms with E-state index in [4.69, 9.17) is 4.74 Å². The van der Waals surface area contributed by atoms with Crippen molar-refractivity contribution in [3.8, 4) is 11.8 Å². The van der Waals surface area contributed by atoms with Crippen molar-refractivity contribution >= 4 is 21.8 Å². The first-order valence-electron chi connectivity index (χ1n) is 7.56. The molecule has 0 bridgehead atoms. The Balaban J connectivity index is 2.36. The topological polar surface area (TPSA) is 65.4 Å². The van der Waals surface area contributed by atoms with Gasteiger partial charge in [0, 0.05) is 11.0 Å². The predicted molar refractivity (Wildman–Crippen MR) is 94.1 cm³/mol. The minimum absolute atomic E-state index is 0.0440. The summed E-state index contributed by atoms with van der Waals surface area (Å²) in [6, 6.07) is 9.78. The van der Waals surface area contributed by atoms with Gasteiger partial charge in [0.05, 0.1) is 12.6 Å². The molecule has 23 heavy (non-hydrogen) atoms. The summed E-state index contributed by atoms with van der Waals surface area (Å²) in [4.78, 5) is 13.9. The van der Waals surface area contributed by atoms with Crippen LogP contribution in [0.25, 0.3) is 0 Å². The molecule has 0 spiro atoms. The second kappa shape index (κ2) is 8.90. The number of likely N-dealkylation sites (N-methyl/N-ethyl adjacent to an activating group) is 1. The van der Waals surface area contributed by atoms with Crippen molar-refractivity contribution in [3.05, 3.63) is 28.7 Å². The Kier molecular flexibility index (Phi) is 7.53. The van der Waals surface area contributed by atoms with Crippen LogP contribution in [0.15, 0.2) is 28.7 Å². The van der Waals surface area contributed by atoms with Crippen LogP contribution in [0.2, 0.25) is 0 Å². The van der Waals surface area contributed by atoms with Crippen molar-refractivity contribution in [2.45, 2.75) is 26.3 Å². The molecule has 0 heterocycles. The summed E-state index contributed by atoms with van der Waals surface area (Å²) >= 11 is 3.37. The van der Waals surface area contributed by atoms with Crippen LogP contribution in [0.1, 0.15) is 20.8 Å². The van der Waals surface area contributed by atoms with Crippen molar-refractivity contribution in [1.29, 1.82) is 5.26 Å². The molecule has 0 aliphatic rings. The molecule has 1 N–H and O–H groups in total. The number of hydrogen-bond donors (Lipinski definition) is 1. The molecule has 0 radical (unpaired) electrons. The van der Waals surface area contributed by atoms with E-state index in [1.54, 1.807) is 6.92 Å². The van der Waals surface area contributed by atoms with Gasteiger partial charge in [0.25, 0.3) is 0 Å². The Labute approximate surface area is 146 Å². The van der Waals surface area contributed by atoms with Crippen LogP contribution >= 0.6 is 15.9 Å². The van der Waals surface area contributed by atoms with Crippen LogP contribution < -0.4 is 10.1 Å². The summed E-state index contributed by atoms with van der Waals surface area (Å²) in [6.45, 7) is 6.91. The lowest BCUT2D eigenvalue weighted by Crippen LogP contribution is -2.51. The molecular formula is C17H24BrN3O2. The minimum atomic E-state index is -0.841. The monoisotopic (exact) mass is 381 g/mol. The number of amides is 1. The van der Waals surface area contributed by atoms with Gasteiger partial charge in [-0.15, -0.1) is 0 Å². The third-order valence-electron chi connectivity index (χ3n) is 3.75. The molecule has 0 aliphatic heterocycles. The van der Waals surface area contributed by atoms with Gasteiger partial charge in [-0.1, -0.05) is 29.8 Å². The lowest BCUT2D eigenvalue weighted by molar-refractivity contribution is -0.123. The number of carbonyl (C=O) groups excluding carboxylic acids is 1. The molecule has 0 aliphatic carbocycles. The zero-order valence-corrected chi connectivity index (χ0v) is 15.7. The Hall–Kier alpha value is -1.58. The van der Waals surface area contributed by atoms with Gasteiger partial charge >= 0.3 is 0 Å². The smallest absolute Gasteiger partial charge is 0.235 e. The molecule has 1 aromatic rings. The number of hydrogen-bond acceptors (Lipinski definition) is 4.